The summed E-state index contributed by atoms with van der Waals surface area (Å²) in [6.45, 7) is 3.75. The molecule has 1 aliphatic heterocycles. The van der Waals surface area contributed by atoms with E-state index in [1.165, 1.54) is 23.1 Å². The number of carbonyl (C=O) groups is 1. The molecule has 0 spiro atoms. The van der Waals surface area contributed by atoms with E-state index in [1.807, 2.05) is 36.6 Å². The molecule has 3 aromatic rings. The normalized spacial score (nSPS) is 13.4. The molecule has 0 atom stereocenters. The molecule has 152 valence electrons. The van der Waals surface area contributed by atoms with Crippen LogP contribution in [0.15, 0.2) is 39.6 Å². The average molecular weight is 432 g/mol. The number of nitrogens with zero attached hydrogens (tertiary/aromatic N) is 3. The van der Waals surface area contributed by atoms with Crippen molar-refractivity contribution < 1.29 is 14.3 Å². The number of fused-ring (bicyclic) bond motifs is 2. The summed E-state index contributed by atoms with van der Waals surface area (Å²) >= 11 is 2.66. The lowest BCUT2D eigenvalue weighted by molar-refractivity contribution is -0.116. The van der Waals surface area contributed by atoms with E-state index in [1.54, 1.807) is 16.6 Å². The van der Waals surface area contributed by atoms with E-state index < -0.39 is 0 Å². The van der Waals surface area contributed by atoms with Crippen molar-refractivity contribution in [3.63, 3.8) is 0 Å². The van der Waals surface area contributed by atoms with Crippen LogP contribution in [-0.4, -0.2) is 48.1 Å². The van der Waals surface area contributed by atoms with E-state index in [0.717, 1.165) is 17.0 Å². The lowest BCUT2D eigenvalue weighted by Crippen LogP contribution is -2.39. The molecule has 1 aromatic carbocycles. The maximum Gasteiger partial charge on any atom is 0.272 e. The molecular formula is C20H21N3O4S2. The molecule has 0 N–H and O–H groups in total. The zero-order valence-electron chi connectivity index (χ0n) is 16.2. The predicted molar refractivity (Wildman–Crippen MR) is 116 cm³/mol. The quantitative estimate of drug-likeness (QED) is 0.441. The van der Waals surface area contributed by atoms with Crippen molar-refractivity contribution in [2.45, 2.75) is 18.6 Å². The average Bonchev–Trinajstić information content (AvgIpc) is 3.20. The van der Waals surface area contributed by atoms with Crippen LogP contribution in [0.3, 0.4) is 0 Å². The fraction of sp³-hybridized carbons (Fsp3) is 0.350. The summed E-state index contributed by atoms with van der Waals surface area (Å²) in [5.74, 6) is 0.862. The fourth-order valence-corrected chi connectivity index (χ4v) is 4.88. The van der Waals surface area contributed by atoms with Gasteiger partial charge in [0.1, 0.15) is 17.1 Å². The number of anilines is 1. The number of aromatic nitrogens is 2. The van der Waals surface area contributed by atoms with Crippen molar-refractivity contribution in [3.05, 3.63) is 45.6 Å². The molecular weight excluding hydrogens is 410 g/mol. The van der Waals surface area contributed by atoms with Crippen LogP contribution >= 0.6 is 23.1 Å². The smallest absolute Gasteiger partial charge is 0.272 e. The first-order valence-corrected chi connectivity index (χ1v) is 11.1. The summed E-state index contributed by atoms with van der Waals surface area (Å²) in [5, 5.41) is 2.38. The highest BCUT2D eigenvalue weighted by atomic mass is 32.2. The van der Waals surface area contributed by atoms with Gasteiger partial charge in [0.05, 0.1) is 36.7 Å². The second kappa shape index (κ2) is 8.56. The lowest BCUT2D eigenvalue weighted by Gasteiger charge is -2.29. The van der Waals surface area contributed by atoms with Gasteiger partial charge in [-0.05, 0) is 36.1 Å². The van der Waals surface area contributed by atoms with E-state index in [4.69, 9.17) is 9.47 Å². The third kappa shape index (κ3) is 4.03. The summed E-state index contributed by atoms with van der Waals surface area (Å²) in [6.07, 6.45) is 0. The Morgan fingerprint density at radius 3 is 3.07 bits per heavy atom. The molecule has 7 nitrogen and oxygen atoms in total. The Morgan fingerprint density at radius 1 is 1.38 bits per heavy atom. The number of thioether (sulfide) groups is 1. The van der Waals surface area contributed by atoms with E-state index in [2.05, 4.69) is 4.98 Å². The van der Waals surface area contributed by atoms with E-state index in [0.29, 0.717) is 41.7 Å². The highest BCUT2D eigenvalue weighted by Gasteiger charge is 2.24. The number of thiophene rings is 1. The number of aryl methyl sites for hydroxylation is 1. The molecule has 0 bridgehead atoms. The first-order valence-electron chi connectivity index (χ1n) is 9.22. The van der Waals surface area contributed by atoms with Gasteiger partial charge in [-0.3, -0.25) is 14.2 Å². The Bertz CT molecular complexity index is 1110. The number of carbonyl (C=O) groups excluding carboxylic acids is 1. The summed E-state index contributed by atoms with van der Waals surface area (Å²) in [6, 6.07) is 7.65. The summed E-state index contributed by atoms with van der Waals surface area (Å²) in [4.78, 5) is 32.2. The van der Waals surface area contributed by atoms with Crippen LogP contribution in [0.2, 0.25) is 0 Å². The molecule has 2 aromatic heterocycles. The molecule has 29 heavy (non-hydrogen) atoms. The van der Waals surface area contributed by atoms with Gasteiger partial charge in [0, 0.05) is 7.11 Å². The Labute approximate surface area is 176 Å². The molecule has 0 fully saturated rings. The number of hydrogen-bond acceptors (Lipinski definition) is 7. The molecule has 4 rings (SSSR count). The first-order chi connectivity index (χ1) is 14.1. The number of amides is 1. The van der Waals surface area contributed by atoms with Gasteiger partial charge in [0.2, 0.25) is 5.91 Å². The number of benzene rings is 1. The van der Waals surface area contributed by atoms with E-state index in [-0.39, 0.29) is 17.2 Å². The van der Waals surface area contributed by atoms with Crippen molar-refractivity contribution in [3.8, 4) is 5.75 Å². The zero-order valence-corrected chi connectivity index (χ0v) is 17.8. The van der Waals surface area contributed by atoms with Crippen LogP contribution in [0.4, 0.5) is 5.69 Å². The third-order valence-electron chi connectivity index (χ3n) is 4.65. The fourth-order valence-electron chi connectivity index (χ4n) is 3.20. The molecule has 0 unspecified atom stereocenters. The van der Waals surface area contributed by atoms with E-state index >= 15 is 0 Å². The maximum atomic E-state index is 13.0. The minimum Gasteiger partial charge on any atom is -0.490 e. The van der Waals surface area contributed by atoms with Gasteiger partial charge in [-0.1, -0.05) is 17.8 Å². The van der Waals surface area contributed by atoms with Crippen LogP contribution in [0.1, 0.15) is 5.56 Å². The van der Waals surface area contributed by atoms with Crippen LogP contribution in [-0.2, 0) is 16.1 Å². The molecule has 1 aliphatic rings. The molecule has 0 saturated carbocycles. The van der Waals surface area contributed by atoms with Gasteiger partial charge < -0.3 is 14.4 Å². The zero-order chi connectivity index (χ0) is 20.4. The standard InChI is InChI=1S/C20H21N3O4S2/c1-13-3-4-16-15(11-13)22(7-9-27-16)17(24)12-29-20-21-14-5-10-28-18(14)19(25)23(20)6-8-26-2/h3-5,10-11H,6-9,12H2,1-2H3. The molecule has 0 radical (unpaired) electrons. The van der Waals surface area contributed by atoms with Crippen molar-refractivity contribution in [1.29, 1.82) is 0 Å². The van der Waals surface area contributed by atoms with Crippen molar-refractivity contribution in [1.82, 2.24) is 9.55 Å². The van der Waals surface area contributed by atoms with E-state index in [9.17, 15) is 9.59 Å². The molecule has 9 heteroatoms. The monoisotopic (exact) mass is 431 g/mol. The Hall–Kier alpha value is -2.36. The number of ether oxygens (including phenoxy) is 2. The number of methoxy groups -OCH3 is 1. The van der Waals surface area contributed by atoms with Crippen LogP contribution in [0.25, 0.3) is 10.2 Å². The Balaban J connectivity index is 1.58. The van der Waals surface area contributed by atoms with Crippen molar-refractivity contribution in [2.24, 2.45) is 0 Å². The second-order valence-electron chi connectivity index (χ2n) is 6.63. The topological polar surface area (TPSA) is 73.7 Å². The first kappa shape index (κ1) is 19.9. The van der Waals surface area contributed by atoms with Gasteiger partial charge in [0.25, 0.3) is 5.56 Å². The van der Waals surface area contributed by atoms with Crippen LogP contribution < -0.4 is 15.2 Å². The molecule has 0 aliphatic carbocycles. The van der Waals surface area contributed by atoms with Crippen LogP contribution in [0, 0.1) is 6.92 Å². The largest absolute Gasteiger partial charge is 0.490 e. The number of rotatable bonds is 6. The highest BCUT2D eigenvalue weighted by molar-refractivity contribution is 7.99. The molecule has 3 heterocycles. The van der Waals surface area contributed by atoms with Gasteiger partial charge in [0.15, 0.2) is 5.16 Å². The van der Waals surface area contributed by atoms with Crippen molar-refractivity contribution >= 4 is 44.9 Å². The lowest BCUT2D eigenvalue weighted by atomic mass is 10.1. The third-order valence-corrected chi connectivity index (χ3v) is 6.51. The van der Waals surface area contributed by atoms with Gasteiger partial charge in [-0.15, -0.1) is 11.3 Å². The minimum absolute atomic E-state index is 0.0388. The molecule has 1 amide bonds. The number of hydrogen-bond donors (Lipinski definition) is 0. The van der Waals surface area contributed by atoms with Gasteiger partial charge in [-0.25, -0.2) is 4.98 Å². The summed E-state index contributed by atoms with van der Waals surface area (Å²) in [7, 11) is 1.59. The predicted octanol–water partition coefficient (Wildman–Crippen LogP) is 2.93. The maximum absolute atomic E-state index is 13.0. The minimum atomic E-state index is -0.0932. The summed E-state index contributed by atoms with van der Waals surface area (Å²) in [5.41, 5.74) is 2.43. The Kier molecular flexibility index (Phi) is 5.89. The Morgan fingerprint density at radius 2 is 2.24 bits per heavy atom. The second-order valence-corrected chi connectivity index (χ2v) is 8.49. The van der Waals surface area contributed by atoms with Gasteiger partial charge >= 0.3 is 0 Å². The highest BCUT2D eigenvalue weighted by Crippen LogP contribution is 2.33. The molecule has 0 saturated heterocycles. The summed E-state index contributed by atoms with van der Waals surface area (Å²) < 4.78 is 13.0. The van der Waals surface area contributed by atoms with Gasteiger partial charge in [-0.2, -0.15) is 0 Å². The van der Waals surface area contributed by atoms with Crippen molar-refractivity contribution in [2.75, 3.05) is 37.5 Å². The van der Waals surface area contributed by atoms with Crippen LogP contribution in [0.5, 0.6) is 5.75 Å². The SMILES string of the molecule is COCCn1c(SCC(=O)N2CCOc3ccc(C)cc32)nc2ccsc2c1=O.